The molecule has 1 atom stereocenters. The molecule has 0 saturated carbocycles. The highest BCUT2D eigenvalue weighted by atomic mass is 79.9. The van der Waals surface area contributed by atoms with Crippen LogP contribution < -0.4 is 9.64 Å². The van der Waals surface area contributed by atoms with Gasteiger partial charge in [-0.2, -0.15) is 4.55 Å². The topological polar surface area (TPSA) is 77.5 Å². The van der Waals surface area contributed by atoms with E-state index < -0.39 is 11.4 Å². The largest absolute Gasteiger partial charge is 0.488 e. The lowest BCUT2D eigenvalue weighted by molar-refractivity contribution is 0.304. The van der Waals surface area contributed by atoms with Crippen molar-refractivity contribution in [3.05, 3.63) is 70.7 Å². The first kappa shape index (κ1) is 23.2. The third-order valence-corrected chi connectivity index (χ3v) is 7.99. The number of nitrogens with one attached hydrogen (secondary N) is 1. The number of anilines is 1. The number of nitrogens with zero attached hydrogens (tertiary/aromatic N) is 4. The third-order valence-electron chi connectivity index (χ3n) is 5.89. The van der Waals surface area contributed by atoms with E-state index in [1.807, 2.05) is 67.6 Å². The molecule has 2 aromatic heterocycles. The van der Waals surface area contributed by atoms with Gasteiger partial charge in [0.05, 0.1) is 23.1 Å². The van der Waals surface area contributed by atoms with Gasteiger partial charge in [0.25, 0.3) is 0 Å². The monoisotopic (exact) mass is 540 g/mol. The number of hydrogen-bond acceptors (Lipinski definition) is 6. The molecule has 5 rings (SSSR count). The molecule has 0 radical (unpaired) electrons. The standard InChI is InChI=1S/C25H27BrN5O2S/c1-2-34(32)31-14-12-30(13-15-31)23-11-9-21-25(28-23)29-24(27-21)19-8-10-22(20(26)16-19)33-17-18-6-4-3-5-7-18/h3-11,16,32H,2,12-15,17H2,1H3,(H,27,28,29)/q+1. The molecular weight excluding hydrogens is 514 g/mol. The van der Waals surface area contributed by atoms with Crippen LogP contribution in [-0.2, 0) is 18.0 Å². The van der Waals surface area contributed by atoms with Gasteiger partial charge in [0, 0.05) is 18.7 Å². The number of benzene rings is 2. The zero-order valence-corrected chi connectivity index (χ0v) is 21.3. The maximum atomic E-state index is 10.1. The average molecular weight is 541 g/mol. The number of ether oxygens (including phenoxy) is 1. The number of piperazine rings is 1. The van der Waals surface area contributed by atoms with Crippen molar-refractivity contribution >= 4 is 44.3 Å². The van der Waals surface area contributed by atoms with Crippen LogP contribution in [0.15, 0.2) is 65.1 Å². The van der Waals surface area contributed by atoms with Crippen molar-refractivity contribution in [2.45, 2.75) is 13.5 Å². The normalized spacial score (nSPS) is 15.6. The summed E-state index contributed by atoms with van der Waals surface area (Å²) in [5.41, 5.74) is 3.69. The summed E-state index contributed by atoms with van der Waals surface area (Å²) in [5.74, 6) is 3.26. The second-order valence-corrected chi connectivity index (χ2v) is 10.7. The molecule has 0 aliphatic carbocycles. The molecule has 1 unspecified atom stereocenters. The van der Waals surface area contributed by atoms with E-state index in [0.29, 0.717) is 12.3 Å². The van der Waals surface area contributed by atoms with Gasteiger partial charge >= 0.3 is 0 Å². The molecule has 34 heavy (non-hydrogen) atoms. The van der Waals surface area contributed by atoms with E-state index in [9.17, 15) is 4.55 Å². The molecule has 1 saturated heterocycles. The number of halogens is 1. The summed E-state index contributed by atoms with van der Waals surface area (Å²) in [6, 6.07) is 20.2. The lowest BCUT2D eigenvalue weighted by atomic mass is 10.2. The number of pyridine rings is 1. The summed E-state index contributed by atoms with van der Waals surface area (Å²) < 4.78 is 19.1. The lowest BCUT2D eigenvalue weighted by Crippen LogP contribution is -2.49. The fourth-order valence-corrected chi connectivity index (χ4v) is 5.45. The third kappa shape index (κ3) is 5.07. The van der Waals surface area contributed by atoms with Crippen LogP contribution in [0.3, 0.4) is 0 Å². The van der Waals surface area contributed by atoms with Crippen LogP contribution in [0.25, 0.3) is 22.6 Å². The van der Waals surface area contributed by atoms with Crippen LogP contribution in [0.1, 0.15) is 12.5 Å². The first-order valence-electron chi connectivity index (χ1n) is 11.3. The van der Waals surface area contributed by atoms with E-state index in [2.05, 4.69) is 30.1 Å². The van der Waals surface area contributed by atoms with Gasteiger partial charge in [-0.15, -0.1) is 0 Å². The molecule has 0 amide bonds. The van der Waals surface area contributed by atoms with Crippen molar-refractivity contribution in [3.8, 4) is 17.1 Å². The molecular formula is C25H27BrN5O2S+. The van der Waals surface area contributed by atoms with E-state index >= 15 is 0 Å². The van der Waals surface area contributed by atoms with Gasteiger partial charge in [0.15, 0.2) is 11.4 Å². The number of hydrogen-bond donors (Lipinski definition) is 2. The molecule has 2 aromatic carbocycles. The second-order valence-electron chi connectivity index (χ2n) is 8.09. The van der Waals surface area contributed by atoms with E-state index in [1.54, 1.807) is 0 Å². The van der Waals surface area contributed by atoms with Crippen LogP contribution in [0.5, 0.6) is 5.75 Å². The number of imidazole rings is 1. The Labute approximate surface area is 210 Å². The van der Waals surface area contributed by atoms with Crippen molar-refractivity contribution in [2.24, 2.45) is 0 Å². The molecule has 1 aliphatic heterocycles. The van der Waals surface area contributed by atoms with E-state index in [4.69, 9.17) is 14.7 Å². The van der Waals surface area contributed by atoms with Gasteiger partial charge in [-0.05, 0) is 58.7 Å². The predicted molar refractivity (Wildman–Crippen MR) is 142 cm³/mol. The second kappa shape index (κ2) is 10.4. The van der Waals surface area contributed by atoms with Crippen LogP contribution in [0.4, 0.5) is 5.82 Å². The summed E-state index contributed by atoms with van der Waals surface area (Å²) >= 11 is 3.00. The number of aromatic nitrogens is 3. The minimum Gasteiger partial charge on any atom is -0.488 e. The van der Waals surface area contributed by atoms with Gasteiger partial charge in [0.1, 0.15) is 24.0 Å². The predicted octanol–water partition coefficient (Wildman–Crippen LogP) is 5.11. The van der Waals surface area contributed by atoms with Crippen LogP contribution in [-0.4, -0.2) is 55.7 Å². The van der Waals surface area contributed by atoms with Crippen molar-refractivity contribution < 1.29 is 9.29 Å². The minimum absolute atomic E-state index is 0.516. The van der Waals surface area contributed by atoms with Gasteiger partial charge in [-0.25, -0.2) is 9.97 Å². The average Bonchev–Trinajstić information content (AvgIpc) is 3.32. The SMILES string of the molecule is CC[S+](O)N1CCN(c2ccc3[nH]c(-c4ccc(OCc5ccccc5)c(Br)c4)nc3n2)CC1. The molecule has 0 spiro atoms. The van der Waals surface area contributed by atoms with E-state index in [1.165, 1.54) is 0 Å². The Bertz CT molecular complexity index is 1260. The quantitative estimate of drug-likeness (QED) is 0.317. The van der Waals surface area contributed by atoms with Crippen LogP contribution in [0.2, 0.25) is 0 Å². The Morgan fingerprint density at radius 3 is 2.56 bits per heavy atom. The smallest absolute Gasteiger partial charge is 0.237 e. The highest BCUT2D eigenvalue weighted by Gasteiger charge is 2.30. The van der Waals surface area contributed by atoms with Crippen LogP contribution in [0, 0.1) is 0 Å². The molecule has 1 fully saturated rings. The summed E-state index contributed by atoms with van der Waals surface area (Å²) in [7, 11) is 0. The van der Waals surface area contributed by atoms with Crippen molar-refractivity contribution in [3.63, 3.8) is 0 Å². The van der Waals surface area contributed by atoms with E-state index in [-0.39, 0.29) is 0 Å². The molecule has 4 aromatic rings. The maximum absolute atomic E-state index is 10.1. The van der Waals surface area contributed by atoms with Gasteiger partial charge in [-0.3, -0.25) is 0 Å². The molecule has 3 heterocycles. The van der Waals surface area contributed by atoms with Crippen molar-refractivity contribution in [2.75, 3.05) is 36.8 Å². The fourth-order valence-electron chi connectivity index (χ4n) is 4.01. The zero-order valence-electron chi connectivity index (χ0n) is 18.9. The van der Waals surface area contributed by atoms with E-state index in [0.717, 1.165) is 70.4 Å². The van der Waals surface area contributed by atoms with Gasteiger partial charge < -0.3 is 14.6 Å². The molecule has 9 heteroatoms. The Morgan fingerprint density at radius 1 is 1.03 bits per heavy atom. The van der Waals surface area contributed by atoms with Gasteiger partial charge in [0.2, 0.25) is 11.4 Å². The Hall–Kier alpha value is -2.59. The Balaban J connectivity index is 1.29. The molecule has 7 nitrogen and oxygen atoms in total. The maximum Gasteiger partial charge on any atom is 0.237 e. The summed E-state index contributed by atoms with van der Waals surface area (Å²) in [5, 5.41) is 0. The molecule has 0 bridgehead atoms. The lowest BCUT2D eigenvalue weighted by Gasteiger charge is -2.31. The summed E-state index contributed by atoms with van der Waals surface area (Å²) in [6.07, 6.45) is 0. The number of fused-ring (bicyclic) bond motifs is 1. The fraction of sp³-hybridized carbons (Fsp3) is 0.280. The van der Waals surface area contributed by atoms with Crippen LogP contribution >= 0.6 is 15.9 Å². The Morgan fingerprint density at radius 2 is 1.82 bits per heavy atom. The number of aromatic amines is 1. The first-order valence-corrected chi connectivity index (χ1v) is 13.4. The summed E-state index contributed by atoms with van der Waals surface area (Å²) in [4.78, 5) is 15.2. The summed E-state index contributed by atoms with van der Waals surface area (Å²) in [6.45, 7) is 5.90. The van der Waals surface area contributed by atoms with Crippen molar-refractivity contribution in [1.29, 1.82) is 0 Å². The first-order chi connectivity index (χ1) is 16.6. The molecule has 176 valence electrons. The highest BCUT2D eigenvalue weighted by Crippen LogP contribution is 2.31. The number of H-pyrrole nitrogens is 1. The molecule has 1 aliphatic rings. The molecule has 2 N–H and O–H groups in total. The minimum atomic E-state index is -0.634. The number of rotatable bonds is 7. The Kier molecular flexibility index (Phi) is 7.05. The van der Waals surface area contributed by atoms with Crippen molar-refractivity contribution in [1.82, 2.24) is 19.3 Å². The zero-order chi connectivity index (χ0) is 23.5. The van der Waals surface area contributed by atoms with Gasteiger partial charge in [-0.1, -0.05) is 34.6 Å². The highest BCUT2D eigenvalue weighted by molar-refractivity contribution is 9.10.